The van der Waals surface area contributed by atoms with Gasteiger partial charge in [-0.1, -0.05) is 0 Å². The summed E-state index contributed by atoms with van der Waals surface area (Å²) in [6.07, 6.45) is 4.36. The Bertz CT molecular complexity index is 813. The van der Waals surface area contributed by atoms with Gasteiger partial charge in [-0.2, -0.15) is 5.23 Å². The fraction of sp³-hybridized carbons (Fsp3) is 0. The Kier molecular flexibility index (Phi) is 4.20. The van der Waals surface area contributed by atoms with Gasteiger partial charge in [-0.3, -0.25) is 4.79 Å². The van der Waals surface area contributed by atoms with Crippen molar-refractivity contribution in [3.8, 4) is 11.3 Å². The molecule has 0 aliphatic heterocycles. The third kappa shape index (κ3) is 3.46. The number of carbonyl (C=O) groups excluding carboxylic acids is 1. The molecule has 2 heterocycles. The number of nitrogens with one attached hydrogen (secondary N) is 1. The van der Waals surface area contributed by atoms with Gasteiger partial charge < -0.3 is 14.0 Å². The van der Waals surface area contributed by atoms with Crippen molar-refractivity contribution < 1.29 is 24.1 Å². The Morgan fingerprint density at radius 3 is 2.57 bits per heavy atom. The minimum Gasteiger partial charge on any atom is -0.595 e. The van der Waals surface area contributed by atoms with Gasteiger partial charge >= 0.3 is 0 Å². The summed E-state index contributed by atoms with van der Waals surface area (Å²) >= 11 is 0. The lowest BCUT2D eigenvalue weighted by molar-refractivity contribution is -0.991. The monoisotopic (exact) mass is 311 g/mol. The highest BCUT2D eigenvalue weighted by atomic mass is 16.8. The Hall–Kier alpha value is -2.93. The lowest BCUT2D eigenvalue weighted by Gasteiger charge is -2.11. The maximum Gasteiger partial charge on any atom is 0.221 e. The third-order valence-electron chi connectivity index (χ3n) is 3.21. The van der Waals surface area contributed by atoms with Gasteiger partial charge in [0, 0.05) is 17.7 Å². The molecule has 0 bridgehead atoms. The lowest BCUT2D eigenvalue weighted by Crippen LogP contribution is -2.99. The van der Waals surface area contributed by atoms with E-state index in [2.05, 4.69) is 0 Å². The van der Waals surface area contributed by atoms with E-state index < -0.39 is 5.23 Å². The summed E-state index contributed by atoms with van der Waals surface area (Å²) in [5.74, 6) is 1.12. The number of furan rings is 2. The molecule has 2 aromatic heterocycles. The minimum absolute atomic E-state index is 0.212. The van der Waals surface area contributed by atoms with E-state index in [1.54, 1.807) is 42.5 Å². The first-order chi connectivity index (χ1) is 11.1. The van der Waals surface area contributed by atoms with E-state index in [0.717, 1.165) is 5.56 Å². The molecule has 6 nitrogen and oxygen atoms in total. The van der Waals surface area contributed by atoms with Crippen LogP contribution in [0.2, 0.25) is 0 Å². The van der Waals surface area contributed by atoms with E-state index in [4.69, 9.17) is 14.0 Å². The molecule has 1 unspecified atom stereocenters. The summed E-state index contributed by atoms with van der Waals surface area (Å²) in [6.45, 7) is 0. The van der Waals surface area contributed by atoms with Crippen molar-refractivity contribution >= 4 is 17.5 Å². The maximum absolute atomic E-state index is 11.8. The molecule has 6 heteroatoms. The van der Waals surface area contributed by atoms with Gasteiger partial charge in [0.25, 0.3) is 0 Å². The van der Waals surface area contributed by atoms with E-state index in [0.29, 0.717) is 11.5 Å². The standard InChI is InChI=1S/C17H13NO5/c19-15(17-2-1-11-22-17)9-7-14-8-10-16(23-14)12-3-5-13(6-4-12)18(20)21/h1-11,18,20H. The Labute approximate surface area is 131 Å². The summed E-state index contributed by atoms with van der Waals surface area (Å²) in [5.41, 5.74) is 0.969. The zero-order valence-electron chi connectivity index (χ0n) is 11.9. The molecule has 0 aliphatic carbocycles. The zero-order valence-corrected chi connectivity index (χ0v) is 11.9. The summed E-state index contributed by atoms with van der Waals surface area (Å²) < 4.78 is 10.6. The predicted molar refractivity (Wildman–Crippen MR) is 82.0 cm³/mol. The largest absolute Gasteiger partial charge is 0.595 e. The molecule has 1 atom stereocenters. The molecular weight excluding hydrogens is 298 g/mol. The van der Waals surface area contributed by atoms with Crippen LogP contribution in [-0.2, 0) is 0 Å². The summed E-state index contributed by atoms with van der Waals surface area (Å²) in [5, 5.41) is 18.7. The van der Waals surface area contributed by atoms with E-state index in [9.17, 15) is 10.0 Å². The minimum atomic E-state index is -0.976. The molecular formula is C17H13NO5. The smallest absolute Gasteiger partial charge is 0.221 e. The van der Waals surface area contributed by atoms with Crippen LogP contribution in [0, 0.1) is 5.21 Å². The van der Waals surface area contributed by atoms with Crippen LogP contribution in [0.5, 0.6) is 0 Å². The Morgan fingerprint density at radius 1 is 1.13 bits per heavy atom. The predicted octanol–water partition coefficient (Wildman–Crippen LogP) is 2.84. The number of rotatable bonds is 5. The van der Waals surface area contributed by atoms with Gasteiger partial charge in [0.1, 0.15) is 11.5 Å². The van der Waals surface area contributed by atoms with Gasteiger partial charge in [-0.05, 0) is 48.6 Å². The molecule has 2 N–H and O–H groups in total. The van der Waals surface area contributed by atoms with Crippen LogP contribution in [0.4, 0.5) is 5.69 Å². The molecule has 3 rings (SSSR count). The lowest BCUT2D eigenvalue weighted by atomic mass is 10.1. The van der Waals surface area contributed by atoms with E-state index >= 15 is 0 Å². The van der Waals surface area contributed by atoms with Crippen LogP contribution >= 0.6 is 0 Å². The molecule has 0 spiro atoms. The average Bonchev–Trinajstić information content (AvgIpc) is 3.24. The second kappa shape index (κ2) is 6.45. The molecule has 0 amide bonds. The topological polar surface area (TPSA) is 91.1 Å². The van der Waals surface area contributed by atoms with Crippen molar-refractivity contribution in [3.63, 3.8) is 0 Å². The van der Waals surface area contributed by atoms with Crippen molar-refractivity contribution in [1.82, 2.24) is 0 Å². The number of hydrogen-bond acceptors (Lipinski definition) is 5. The number of hydrogen-bond donors (Lipinski definition) is 2. The van der Waals surface area contributed by atoms with Gasteiger partial charge in [0.05, 0.1) is 6.26 Å². The van der Waals surface area contributed by atoms with Crippen LogP contribution in [0.25, 0.3) is 17.4 Å². The number of ketones is 1. The highest BCUT2D eigenvalue weighted by Crippen LogP contribution is 2.23. The van der Waals surface area contributed by atoms with E-state index in [1.165, 1.54) is 24.5 Å². The van der Waals surface area contributed by atoms with Gasteiger partial charge in [0.2, 0.25) is 5.78 Å². The third-order valence-corrected chi connectivity index (χ3v) is 3.21. The number of quaternary nitrogens is 1. The summed E-state index contributed by atoms with van der Waals surface area (Å²) in [6, 6.07) is 13.1. The molecule has 0 radical (unpaired) electrons. The van der Waals surface area contributed by atoms with Crippen LogP contribution in [0.3, 0.4) is 0 Å². The van der Waals surface area contributed by atoms with Gasteiger partial charge in [-0.25, -0.2) is 5.21 Å². The maximum atomic E-state index is 11.8. The fourth-order valence-electron chi connectivity index (χ4n) is 2.03. The molecule has 3 aromatic rings. The average molecular weight is 311 g/mol. The highest BCUT2D eigenvalue weighted by molar-refractivity contribution is 6.04. The van der Waals surface area contributed by atoms with Crippen LogP contribution in [-0.4, -0.2) is 11.0 Å². The van der Waals surface area contributed by atoms with Crippen LogP contribution in [0.1, 0.15) is 16.3 Å². The summed E-state index contributed by atoms with van der Waals surface area (Å²) in [4.78, 5) is 11.8. The molecule has 116 valence electrons. The van der Waals surface area contributed by atoms with Crippen molar-refractivity contribution in [2.75, 3.05) is 0 Å². The van der Waals surface area contributed by atoms with Crippen molar-refractivity contribution in [2.24, 2.45) is 0 Å². The fourth-order valence-corrected chi connectivity index (χ4v) is 2.03. The molecule has 1 aromatic carbocycles. The van der Waals surface area contributed by atoms with Crippen molar-refractivity contribution in [1.29, 1.82) is 0 Å². The molecule has 0 saturated carbocycles. The molecule has 0 aliphatic rings. The number of allylic oxidation sites excluding steroid dienone is 1. The second-order valence-corrected chi connectivity index (χ2v) is 4.76. The second-order valence-electron chi connectivity index (χ2n) is 4.76. The first kappa shape index (κ1) is 15.0. The zero-order chi connectivity index (χ0) is 16.2. The van der Waals surface area contributed by atoms with Crippen molar-refractivity contribution in [2.45, 2.75) is 0 Å². The normalized spacial score (nSPS) is 12.6. The molecule has 23 heavy (non-hydrogen) atoms. The first-order valence-corrected chi connectivity index (χ1v) is 6.83. The van der Waals surface area contributed by atoms with Crippen molar-refractivity contribution in [3.05, 3.63) is 77.6 Å². The van der Waals surface area contributed by atoms with Crippen LogP contribution < -0.4 is 5.23 Å². The summed E-state index contributed by atoms with van der Waals surface area (Å²) in [7, 11) is 0. The quantitative estimate of drug-likeness (QED) is 0.429. The number of benzene rings is 1. The Balaban J connectivity index is 1.74. The SMILES string of the molecule is O=C(C=Cc1ccc(-c2ccc([NH+]([O-])O)cc2)o1)c1ccco1. The molecule has 0 fully saturated rings. The molecule has 0 saturated heterocycles. The van der Waals surface area contributed by atoms with Crippen LogP contribution in [0.15, 0.2) is 69.7 Å². The van der Waals surface area contributed by atoms with E-state index in [-0.39, 0.29) is 17.2 Å². The van der Waals surface area contributed by atoms with Gasteiger partial charge in [-0.15, -0.1) is 0 Å². The van der Waals surface area contributed by atoms with E-state index in [1.807, 2.05) is 0 Å². The highest BCUT2D eigenvalue weighted by Gasteiger charge is 2.07. The van der Waals surface area contributed by atoms with Gasteiger partial charge in [0.15, 0.2) is 11.4 Å². The number of carbonyl (C=O) groups is 1. The Morgan fingerprint density at radius 2 is 1.91 bits per heavy atom. The first-order valence-electron chi connectivity index (χ1n) is 6.83.